The van der Waals surface area contributed by atoms with E-state index in [0.29, 0.717) is 5.92 Å². The molecule has 0 aromatic rings. The van der Waals surface area contributed by atoms with Crippen LogP contribution in [0.2, 0.25) is 0 Å². The van der Waals surface area contributed by atoms with Crippen molar-refractivity contribution in [3.63, 3.8) is 0 Å². The van der Waals surface area contributed by atoms with Crippen molar-refractivity contribution in [3.8, 4) is 0 Å². The van der Waals surface area contributed by atoms with E-state index in [4.69, 9.17) is 9.84 Å². The van der Waals surface area contributed by atoms with Crippen LogP contribution in [0.3, 0.4) is 0 Å². The monoisotopic (exact) mass is 254 g/mol. The number of ether oxygens (including phenoxy) is 1. The Labute approximate surface area is 108 Å². The molecule has 4 nitrogen and oxygen atoms in total. The fraction of sp³-hybridized carbons (Fsp3) is 0.714. The highest BCUT2D eigenvalue weighted by atomic mass is 16.6. The first-order valence-corrected chi connectivity index (χ1v) is 6.64. The molecule has 0 heterocycles. The Morgan fingerprint density at radius 2 is 1.89 bits per heavy atom. The highest BCUT2D eigenvalue weighted by Crippen LogP contribution is 2.39. The lowest BCUT2D eigenvalue weighted by molar-refractivity contribution is -0.164. The zero-order valence-electron chi connectivity index (χ0n) is 11.1. The topological polar surface area (TPSA) is 63.6 Å². The van der Waals surface area contributed by atoms with Crippen molar-refractivity contribution >= 4 is 11.9 Å². The van der Waals surface area contributed by atoms with E-state index in [1.807, 2.05) is 0 Å². The lowest BCUT2D eigenvalue weighted by atomic mass is 9.75. The van der Waals surface area contributed by atoms with Gasteiger partial charge in [0.05, 0.1) is 0 Å². The number of carbonyl (C=O) groups excluding carboxylic acids is 1. The molecule has 0 aliphatic heterocycles. The number of hydrogen-bond donors (Lipinski definition) is 1. The zero-order valence-corrected chi connectivity index (χ0v) is 11.1. The van der Waals surface area contributed by atoms with Crippen LogP contribution in [0, 0.1) is 5.92 Å². The van der Waals surface area contributed by atoms with Crippen LogP contribution in [0.1, 0.15) is 52.4 Å². The molecule has 0 aromatic heterocycles. The van der Waals surface area contributed by atoms with Crippen molar-refractivity contribution in [2.75, 3.05) is 0 Å². The van der Waals surface area contributed by atoms with E-state index in [0.717, 1.165) is 44.3 Å². The second kappa shape index (κ2) is 6.57. The number of carbonyl (C=O) groups is 2. The van der Waals surface area contributed by atoms with Gasteiger partial charge in [0, 0.05) is 12.2 Å². The third-order valence-electron chi connectivity index (χ3n) is 3.88. The summed E-state index contributed by atoms with van der Waals surface area (Å²) in [5, 5.41) is 8.49. The van der Waals surface area contributed by atoms with Crippen LogP contribution < -0.4 is 0 Å². The van der Waals surface area contributed by atoms with Gasteiger partial charge in [-0.25, -0.2) is 9.59 Å². The Morgan fingerprint density at radius 3 is 2.39 bits per heavy atom. The highest BCUT2D eigenvalue weighted by Gasteiger charge is 2.39. The summed E-state index contributed by atoms with van der Waals surface area (Å²) >= 11 is 0. The first kappa shape index (κ1) is 14.7. The predicted octanol–water partition coefficient (Wildman–Crippen LogP) is 2.92. The quantitative estimate of drug-likeness (QED) is 0.605. The summed E-state index contributed by atoms with van der Waals surface area (Å²) in [6, 6.07) is 0. The van der Waals surface area contributed by atoms with E-state index in [2.05, 4.69) is 13.8 Å². The molecule has 0 radical (unpaired) electrons. The number of carboxylic acids is 1. The summed E-state index contributed by atoms with van der Waals surface area (Å²) in [6.07, 6.45) is 7.87. The Kier molecular flexibility index (Phi) is 5.38. The lowest BCUT2D eigenvalue weighted by Crippen LogP contribution is -2.42. The molecule has 18 heavy (non-hydrogen) atoms. The van der Waals surface area contributed by atoms with Gasteiger partial charge in [-0.1, -0.05) is 20.3 Å². The smallest absolute Gasteiger partial charge is 0.331 e. The van der Waals surface area contributed by atoms with Gasteiger partial charge in [-0.2, -0.15) is 0 Å². The normalized spacial score (nSPS) is 20.6. The van der Waals surface area contributed by atoms with E-state index < -0.39 is 17.5 Å². The molecule has 0 spiro atoms. The maximum Gasteiger partial charge on any atom is 0.331 e. The molecule has 1 fully saturated rings. The van der Waals surface area contributed by atoms with Gasteiger partial charge in [-0.05, 0) is 38.0 Å². The first-order chi connectivity index (χ1) is 8.50. The summed E-state index contributed by atoms with van der Waals surface area (Å²) < 4.78 is 5.59. The van der Waals surface area contributed by atoms with Gasteiger partial charge in [0.25, 0.3) is 0 Å². The summed E-state index contributed by atoms with van der Waals surface area (Å²) in [7, 11) is 0. The van der Waals surface area contributed by atoms with Gasteiger partial charge in [-0.15, -0.1) is 0 Å². The fourth-order valence-corrected chi connectivity index (χ4v) is 2.59. The van der Waals surface area contributed by atoms with Gasteiger partial charge >= 0.3 is 11.9 Å². The van der Waals surface area contributed by atoms with Crippen LogP contribution in [-0.4, -0.2) is 22.6 Å². The minimum Gasteiger partial charge on any atom is -0.478 e. The van der Waals surface area contributed by atoms with Gasteiger partial charge in [0.15, 0.2) is 0 Å². The summed E-state index contributed by atoms with van der Waals surface area (Å²) in [5.74, 6) is -1.37. The molecule has 102 valence electrons. The van der Waals surface area contributed by atoms with E-state index in [1.165, 1.54) is 6.42 Å². The molecular formula is C14H22O4. The Morgan fingerprint density at radius 1 is 1.28 bits per heavy atom. The molecule has 1 saturated carbocycles. The van der Waals surface area contributed by atoms with Crippen LogP contribution in [0.25, 0.3) is 0 Å². The molecule has 0 aromatic carbocycles. The molecule has 1 N–H and O–H groups in total. The summed E-state index contributed by atoms with van der Waals surface area (Å²) in [4.78, 5) is 22.0. The van der Waals surface area contributed by atoms with E-state index in [1.54, 1.807) is 0 Å². The molecule has 0 saturated heterocycles. The second-order valence-electron chi connectivity index (χ2n) is 5.03. The number of aliphatic carboxylic acids is 1. The summed E-state index contributed by atoms with van der Waals surface area (Å²) in [6.45, 7) is 4.18. The van der Waals surface area contributed by atoms with Crippen molar-refractivity contribution < 1.29 is 19.4 Å². The molecule has 1 unspecified atom stereocenters. The largest absolute Gasteiger partial charge is 0.478 e. The van der Waals surface area contributed by atoms with Crippen molar-refractivity contribution in [2.24, 2.45) is 5.92 Å². The van der Waals surface area contributed by atoms with Gasteiger partial charge < -0.3 is 9.84 Å². The molecule has 1 aliphatic carbocycles. The summed E-state index contributed by atoms with van der Waals surface area (Å²) in [5.41, 5.74) is -0.396. The van der Waals surface area contributed by atoms with Crippen LogP contribution >= 0.6 is 0 Å². The Balaban J connectivity index is 2.72. The third kappa shape index (κ3) is 3.86. The predicted molar refractivity (Wildman–Crippen MR) is 68.1 cm³/mol. The first-order valence-electron chi connectivity index (χ1n) is 6.64. The van der Waals surface area contributed by atoms with Crippen molar-refractivity contribution in [1.29, 1.82) is 0 Å². The maximum absolute atomic E-state index is 11.7. The number of rotatable bonds is 5. The minimum absolute atomic E-state index is 0.306. The minimum atomic E-state index is -1.13. The molecule has 0 amide bonds. The van der Waals surface area contributed by atoms with Gasteiger partial charge in [0.1, 0.15) is 5.60 Å². The van der Waals surface area contributed by atoms with E-state index in [-0.39, 0.29) is 0 Å². The van der Waals surface area contributed by atoms with E-state index in [9.17, 15) is 9.59 Å². The van der Waals surface area contributed by atoms with Crippen LogP contribution in [0.15, 0.2) is 12.2 Å². The lowest BCUT2D eigenvalue weighted by Gasteiger charge is -2.41. The standard InChI is InChI=1S/C14H22O4/c1-3-11(2)14(9-5-4-6-10-14)18-13(17)8-7-12(15)16/h7-8,11H,3-6,9-10H2,1-2H3,(H,15,16)/b8-7+. The van der Waals surface area contributed by atoms with Crippen molar-refractivity contribution in [1.82, 2.24) is 0 Å². The average Bonchev–Trinajstić information content (AvgIpc) is 2.36. The van der Waals surface area contributed by atoms with Gasteiger partial charge in [0.2, 0.25) is 0 Å². The number of carboxylic acid groups (broad SMARTS) is 1. The SMILES string of the molecule is CCC(C)C1(OC(=O)/C=C/C(=O)O)CCCCC1. The van der Waals surface area contributed by atoms with Crippen LogP contribution in [-0.2, 0) is 14.3 Å². The van der Waals surface area contributed by atoms with Crippen LogP contribution in [0.5, 0.6) is 0 Å². The highest BCUT2D eigenvalue weighted by molar-refractivity contribution is 5.90. The molecule has 4 heteroatoms. The average molecular weight is 254 g/mol. The molecule has 0 bridgehead atoms. The van der Waals surface area contributed by atoms with E-state index >= 15 is 0 Å². The van der Waals surface area contributed by atoms with Gasteiger partial charge in [-0.3, -0.25) is 0 Å². The van der Waals surface area contributed by atoms with Crippen LogP contribution in [0.4, 0.5) is 0 Å². The Hall–Kier alpha value is -1.32. The molecular weight excluding hydrogens is 232 g/mol. The third-order valence-corrected chi connectivity index (χ3v) is 3.88. The molecule has 1 rings (SSSR count). The number of hydrogen-bond acceptors (Lipinski definition) is 3. The molecule has 1 atom stereocenters. The van der Waals surface area contributed by atoms with Crippen molar-refractivity contribution in [2.45, 2.75) is 58.0 Å². The second-order valence-corrected chi connectivity index (χ2v) is 5.03. The molecule has 1 aliphatic rings. The fourth-order valence-electron chi connectivity index (χ4n) is 2.59. The zero-order chi connectivity index (χ0) is 13.6. The number of esters is 1. The maximum atomic E-state index is 11.7. The van der Waals surface area contributed by atoms with Crippen molar-refractivity contribution in [3.05, 3.63) is 12.2 Å². The Bertz CT molecular complexity index is 327.